The first kappa shape index (κ1) is 32.3. The van der Waals surface area contributed by atoms with Gasteiger partial charge in [0.15, 0.2) is 0 Å². The number of rotatable bonds is 21. The minimum atomic E-state index is -2.14. The van der Waals surface area contributed by atoms with Gasteiger partial charge >= 0.3 is 101 Å². The Morgan fingerprint density at radius 1 is 0.517 bits per heavy atom. The Balaban J connectivity index is 0. The summed E-state index contributed by atoms with van der Waals surface area (Å²) in [5, 5.41) is 0. The molecule has 0 spiro atoms. The van der Waals surface area contributed by atoms with Crippen LogP contribution >= 0.6 is 8.60 Å². The van der Waals surface area contributed by atoms with Gasteiger partial charge in [0, 0.05) is 0 Å². The summed E-state index contributed by atoms with van der Waals surface area (Å²) in [5.74, 6) is 0. The van der Waals surface area contributed by atoms with Crippen molar-refractivity contribution in [3.05, 3.63) is 0 Å². The van der Waals surface area contributed by atoms with Crippen molar-refractivity contribution >= 4 is 28.4 Å². The van der Waals surface area contributed by atoms with Crippen molar-refractivity contribution in [3.63, 3.8) is 0 Å². The van der Waals surface area contributed by atoms with Crippen LogP contribution < -0.4 is 0 Å². The molecule has 0 aliphatic heterocycles. The van der Waals surface area contributed by atoms with E-state index in [2.05, 4.69) is 32.2 Å². The molecule has 0 saturated carbocycles. The minimum absolute atomic E-state index is 0.481. The van der Waals surface area contributed by atoms with E-state index in [1.807, 2.05) is 0 Å². The molecule has 0 unspecified atom stereocenters. The van der Waals surface area contributed by atoms with Crippen molar-refractivity contribution in [2.75, 3.05) is 6.61 Å². The predicted molar refractivity (Wildman–Crippen MR) is 134 cm³/mol. The Morgan fingerprint density at radius 2 is 0.862 bits per heavy atom. The summed E-state index contributed by atoms with van der Waals surface area (Å²) in [6.07, 6.45) is 21.7. The van der Waals surface area contributed by atoms with Crippen LogP contribution in [0.15, 0.2) is 0 Å². The van der Waals surface area contributed by atoms with E-state index in [1.54, 1.807) is 13.3 Å². The van der Waals surface area contributed by atoms with E-state index in [0.717, 1.165) is 12.8 Å². The van der Waals surface area contributed by atoms with Crippen LogP contribution in [-0.4, -0.2) is 36.2 Å². The molecule has 0 aromatic heterocycles. The Bertz CT molecular complexity index is 262. The van der Waals surface area contributed by atoms with Crippen molar-refractivity contribution in [1.82, 2.24) is 0 Å². The van der Waals surface area contributed by atoms with Crippen LogP contribution in [0.25, 0.3) is 0 Å². The van der Waals surface area contributed by atoms with Gasteiger partial charge in [0.1, 0.15) is 0 Å². The summed E-state index contributed by atoms with van der Waals surface area (Å²) in [5.41, 5.74) is 0. The van der Waals surface area contributed by atoms with Gasteiger partial charge in [-0.3, -0.25) is 0 Å². The Kier molecular flexibility index (Phi) is 32.4. The van der Waals surface area contributed by atoms with Crippen LogP contribution in [0.2, 0.25) is 13.3 Å². The molecule has 0 amide bonds. The first-order valence-electron chi connectivity index (χ1n) is 12.8. The quantitative estimate of drug-likeness (QED) is 0.0868. The van der Waals surface area contributed by atoms with E-state index in [-0.39, 0.29) is 0 Å². The zero-order valence-electron chi connectivity index (χ0n) is 20.4. The van der Waals surface area contributed by atoms with Gasteiger partial charge in [-0.1, -0.05) is 64.7 Å². The van der Waals surface area contributed by atoms with Gasteiger partial charge in [-0.05, 0) is 6.42 Å². The molecule has 0 atom stereocenters. The van der Waals surface area contributed by atoms with E-state index in [9.17, 15) is 0 Å². The van der Waals surface area contributed by atoms with Crippen molar-refractivity contribution in [2.45, 2.75) is 144 Å². The summed E-state index contributed by atoms with van der Waals surface area (Å²) in [6.45, 7) is 9.73. The van der Waals surface area contributed by atoms with Gasteiger partial charge in [0.25, 0.3) is 0 Å². The first-order valence-corrected chi connectivity index (χ1v) is 20.0. The van der Waals surface area contributed by atoms with E-state index in [0.29, 0.717) is 6.61 Å². The van der Waals surface area contributed by atoms with Crippen molar-refractivity contribution in [2.24, 2.45) is 0 Å². The fourth-order valence-electron chi connectivity index (χ4n) is 3.39. The molecule has 3 nitrogen and oxygen atoms in total. The van der Waals surface area contributed by atoms with Crippen LogP contribution in [0.1, 0.15) is 130 Å². The second kappa shape index (κ2) is 29.1. The second-order valence-corrected chi connectivity index (χ2v) is 17.7. The molecule has 0 saturated heterocycles. The molecule has 2 N–H and O–H groups in total. The molecule has 0 aromatic rings. The van der Waals surface area contributed by atoms with Gasteiger partial charge in [0.2, 0.25) is 0 Å². The van der Waals surface area contributed by atoms with Crippen molar-refractivity contribution < 1.29 is 14.3 Å². The maximum atomic E-state index is 8.49. The van der Waals surface area contributed by atoms with Crippen molar-refractivity contribution in [3.8, 4) is 0 Å². The van der Waals surface area contributed by atoms with Crippen LogP contribution in [-0.2, 0) is 4.52 Å². The summed E-state index contributed by atoms with van der Waals surface area (Å²) in [6, 6.07) is 0. The molecule has 29 heavy (non-hydrogen) atoms. The van der Waals surface area contributed by atoms with Gasteiger partial charge in [-0.25, -0.2) is 0 Å². The molecular formula is C24H54O3PSn. The molecular weight excluding hydrogens is 486 g/mol. The van der Waals surface area contributed by atoms with Crippen LogP contribution in [0.3, 0.4) is 0 Å². The summed E-state index contributed by atoms with van der Waals surface area (Å²) in [7, 11) is -2.14. The SMILES string of the molecule is CCCCCCCCCCCCOP(O)O.CCC[CH2][Sn]([CH2]CCC)[CH2]CCC. The predicted octanol–water partition coefficient (Wildman–Crippen LogP) is 9.02. The monoisotopic (exact) mass is 541 g/mol. The topological polar surface area (TPSA) is 49.7 Å². The third-order valence-electron chi connectivity index (χ3n) is 5.36. The average molecular weight is 540 g/mol. The van der Waals surface area contributed by atoms with E-state index in [4.69, 9.17) is 9.79 Å². The standard InChI is InChI=1S/C12H27O3P.3C4H9.Sn/c1-2-3-4-5-6-7-8-9-10-11-12-15-16(13)14;3*1-3-4-2;/h13-14H,2-12H2,1H3;3*1,3-4H2,2H3;. The number of unbranched alkanes of at least 4 members (excludes halogenated alkanes) is 12. The van der Waals surface area contributed by atoms with Crippen molar-refractivity contribution in [1.29, 1.82) is 0 Å². The Hall–Kier alpha value is 1.11. The van der Waals surface area contributed by atoms with E-state index in [1.165, 1.54) is 89.9 Å². The fraction of sp³-hybridized carbons (Fsp3) is 1.00. The van der Waals surface area contributed by atoms with E-state index >= 15 is 0 Å². The summed E-state index contributed by atoms with van der Waals surface area (Å²) >= 11 is -0.839. The van der Waals surface area contributed by atoms with Gasteiger partial charge < -0.3 is 14.3 Å². The van der Waals surface area contributed by atoms with Crippen LogP contribution in [0.4, 0.5) is 0 Å². The first-order chi connectivity index (χ1) is 14.1. The summed E-state index contributed by atoms with van der Waals surface area (Å²) in [4.78, 5) is 17.0. The van der Waals surface area contributed by atoms with Crippen LogP contribution in [0, 0.1) is 0 Å². The molecule has 0 aromatic carbocycles. The third kappa shape index (κ3) is 31.4. The molecule has 0 aliphatic rings. The molecule has 0 heterocycles. The fourth-order valence-corrected chi connectivity index (χ4v) is 13.1. The molecule has 0 rings (SSSR count). The zero-order chi connectivity index (χ0) is 22.0. The zero-order valence-corrected chi connectivity index (χ0v) is 24.1. The summed E-state index contributed by atoms with van der Waals surface area (Å²) < 4.78 is 9.73. The van der Waals surface area contributed by atoms with Gasteiger partial charge in [-0.2, -0.15) is 0 Å². The average Bonchev–Trinajstić information content (AvgIpc) is 2.71. The van der Waals surface area contributed by atoms with Gasteiger partial charge in [0.05, 0.1) is 6.61 Å². The molecule has 5 heteroatoms. The molecule has 0 fully saturated rings. The second-order valence-electron chi connectivity index (χ2n) is 8.33. The number of hydrogen-bond donors (Lipinski definition) is 2. The van der Waals surface area contributed by atoms with E-state index < -0.39 is 28.4 Å². The molecule has 1 radical (unpaired) electrons. The normalized spacial score (nSPS) is 11.2. The third-order valence-corrected chi connectivity index (χ3v) is 14.9. The Morgan fingerprint density at radius 3 is 1.21 bits per heavy atom. The maximum absolute atomic E-state index is 8.49. The van der Waals surface area contributed by atoms with Crippen LogP contribution in [0.5, 0.6) is 0 Å². The van der Waals surface area contributed by atoms with Gasteiger partial charge in [-0.15, -0.1) is 0 Å². The molecule has 0 bridgehead atoms. The number of hydrogen-bond acceptors (Lipinski definition) is 3. The molecule has 177 valence electrons. The Labute approximate surface area is 192 Å². The molecule has 0 aliphatic carbocycles.